The van der Waals surface area contributed by atoms with E-state index in [1.165, 1.54) is 14.0 Å². The summed E-state index contributed by atoms with van der Waals surface area (Å²) < 4.78 is 30.1. The number of pyridine rings is 1. The van der Waals surface area contributed by atoms with Crippen LogP contribution in [-0.2, 0) is 0 Å². The van der Waals surface area contributed by atoms with E-state index >= 15 is 0 Å². The molecular weight excluding hydrogens is 206 g/mol. The van der Waals surface area contributed by atoms with Crippen LogP contribution in [0.3, 0.4) is 0 Å². The van der Waals surface area contributed by atoms with Crippen LogP contribution in [0.2, 0.25) is 0 Å². The molecule has 4 nitrogen and oxygen atoms in total. The molecule has 0 unspecified atom stereocenters. The van der Waals surface area contributed by atoms with E-state index in [0.717, 1.165) is 6.20 Å². The first-order chi connectivity index (χ1) is 6.99. The summed E-state index contributed by atoms with van der Waals surface area (Å²) in [6.45, 7) is 1.41. The van der Waals surface area contributed by atoms with Crippen LogP contribution in [0, 0.1) is 6.92 Å². The highest BCUT2D eigenvalue weighted by atomic mass is 19.3. The van der Waals surface area contributed by atoms with Gasteiger partial charge in [-0.25, -0.2) is 8.78 Å². The number of hydrogen-bond donors (Lipinski definition) is 1. The molecule has 0 saturated heterocycles. The van der Waals surface area contributed by atoms with Crippen molar-refractivity contribution in [1.82, 2.24) is 4.98 Å². The number of hydrogen-bond acceptors (Lipinski definition) is 3. The Morgan fingerprint density at radius 3 is 2.60 bits per heavy atom. The van der Waals surface area contributed by atoms with Crippen LogP contribution in [0.1, 0.15) is 28.0 Å². The van der Waals surface area contributed by atoms with Gasteiger partial charge in [-0.15, -0.1) is 0 Å². The Morgan fingerprint density at radius 2 is 2.20 bits per heavy atom. The topological polar surface area (TPSA) is 65.2 Å². The minimum atomic E-state index is -2.76. The number of aryl methyl sites for hydroxylation is 1. The zero-order chi connectivity index (χ0) is 11.6. The van der Waals surface area contributed by atoms with Crippen LogP contribution >= 0.6 is 0 Å². The van der Waals surface area contributed by atoms with Crippen molar-refractivity contribution in [2.45, 2.75) is 13.3 Å². The van der Waals surface area contributed by atoms with Gasteiger partial charge in [-0.05, 0) is 6.92 Å². The van der Waals surface area contributed by atoms with Gasteiger partial charge in [0.2, 0.25) is 0 Å². The largest absolute Gasteiger partial charge is 0.495 e. The SMILES string of the molecule is COc1c(C(N)=O)cnc(C)c1C(F)F. The van der Waals surface area contributed by atoms with Crippen molar-refractivity contribution in [1.29, 1.82) is 0 Å². The average Bonchev–Trinajstić information content (AvgIpc) is 2.15. The molecule has 0 aliphatic carbocycles. The lowest BCUT2D eigenvalue weighted by Crippen LogP contribution is -2.15. The fourth-order valence-electron chi connectivity index (χ4n) is 1.25. The number of primary amides is 1. The van der Waals surface area contributed by atoms with E-state index in [4.69, 9.17) is 10.5 Å². The predicted octanol–water partition coefficient (Wildman–Crippen LogP) is 1.44. The highest BCUT2D eigenvalue weighted by molar-refractivity contribution is 5.95. The van der Waals surface area contributed by atoms with Gasteiger partial charge in [-0.2, -0.15) is 0 Å². The molecule has 0 spiro atoms. The summed E-state index contributed by atoms with van der Waals surface area (Å²) >= 11 is 0. The van der Waals surface area contributed by atoms with Crippen molar-refractivity contribution in [2.75, 3.05) is 7.11 Å². The third kappa shape index (κ3) is 2.03. The molecule has 15 heavy (non-hydrogen) atoms. The van der Waals surface area contributed by atoms with Crippen molar-refractivity contribution in [3.05, 3.63) is 23.0 Å². The second-order valence-electron chi connectivity index (χ2n) is 2.87. The molecule has 1 aromatic rings. The van der Waals surface area contributed by atoms with E-state index in [2.05, 4.69) is 4.98 Å². The van der Waals surface area contributed by atoms with Gasteiger partial charge in [0.25, 0.3) is 12.3 Å². The van der Waals surface area contributed by atoms with Gasteiger partial charge in [0.05, 0.1) is 18.2 Å². The number of amides is 1. The molecule has 0 atom stereocenters. The highest BCUT2D eigenvalue weighted by Gasteiger charge is 2.23. The number of aromatic nitrogens is 1. The molecule has 1 heterocycles. The molecular formula is C9H10F2N2O2. The Balaban J connectivity index is 3.47. The van der Waals surface area contributed by atoms with Crippen LogP contribution in [0.5, 0.6) is 5.75 Å². The molecule has 6 heteroatoms. The van der Waals surface area contributed by atoms with Gasteiger partial charge in [0, 0.05) is 11.9 Å². The number of carbonyl (C=O) groups is 1. The minimum Gasteiger partial charge on any atom is -0.495 e. The lowest BCUT2D eigenvalue weighted by Gasteiger charge is -2.12. The zero-order valence-corrected chi connectivity index (χ0v) is 8.25. The molecule has 82 valence electrons. The van der Waals surface area contributed by atoms with E-state index < -0.39 is 17.9 Å². The van der Waals surface area contributed by atoms with E-state index in [9.17, 15) is 13.6 Å². The summed E-state index contributed by atoms with van der Waals surface area (Å²) in [5.41, 5.74) is 4.59. The number of nitrogens with zero attached hydrogens (tertiary/aromatic N) is 1. The van der Waals surface area contributed by atoms with Crippen LogP contribution in [0.25, 0.3) is 0 Å². The molecule has 1 rings (SSSR count). The Bertz CT molecular complexity index is 394. The van der Waals surface area contributed by atoms with E-state index in [1.807, 2.05) is 0 Å². The number of carbonyl (C=O) groups excluding carboxylic acids is 1. The number of rotatable bonds is 3. The second kappa shape index (κ2) is 4.20. The van der Waals surface area contributed by atoms with Crippen LogP contribution < -0.4 is 10.5 Å². The molecule has 0 aromatic carbocycles. The first-order valence-corrected chi connectivity index (χ1v) is 4.10. The van der Waals surface area contributed by atoms with Crippen molar-refractivity contribution < 1.29 is 18.3 Å². The molecule has 0 saturated carbocycles. The maximum Gasteiger partial charge on any atom is 0.269 e. The monoisotopic (exact) mass is 216 g/mol. The molecule has 1 amide bonds. The Labute approximate surface area is 85.1 Å². The third-order valence-electron chi connectivity index (χ3n) is 1.95. The summed E-state index contributed by atoms with van der Waals surface area (Å²) in [6, 6.07) is 0. The second-order valence-corrected chi connectivity index (χ2v) is 2.87. The van der Waals surface area contributed by atoms with E-state index in [-0.39, 0.29) is 17.0 Å². The minimum absolute atomic E-state index is 0.117. The van der Waals surface area contributed by atoms with Gasteiger partial charge in [0.1, 0.15) is 5.75 Å². The Morgan fingerprint density at radius 1 is 1.60 bits per heavy atom. The molecule has 0 aliphatic rings. The standard InChI is InChI=1S/C9H10F2N2O2/c1-4-6(8(10)11)7(15-2)5(3-13-4)9(12)14/h3,8H,1-2H3,(H2,12,14). The summed E-state index contributed by atoms with van der Waals surface area (Å²) in [5, 5.41) is 0. The summed E-state index contributed by atoms with van der Waals surface area (Å²) in [5.74, 6) is -1.05. The molecule has 0 aliphatic heterocycles. The van der Waals surface area contributed by atoms with E-state index in [1.54, 1.807) is 0 Å². The van der Waals surface area contributed by atoms with Crippen molar-refractivity contribution in [2.24, 2.45) is 5.73 Å². The smallest absolute Gasteiger partial charge is 0.269 e. The lowest BCUT2D eigenvalue weighted by atomic mass is 10.1. The van der Waals surface area contributed by atoms with Crippen molar-refractivity contribution >= 4 is 5.91 Å². The number of halogens is 2. The van der Waals surface area contributed by atoms with Crippen LogP contribution in [-0.4, -0.2) is 18.0 Å². The van der Waals surface area contributed by atoms with Gasteiger partial charge in [-0.1, -0.05) is 0 Å². The first-order valence-electron chi connectivity index (χ1n) is 4.10. The molecule has 0 fully saturated rings. The number of alkyl halides is 2. The van der Waals surface area contributed by atoms with Gasteiger partial charge in [-0.3, -0.25) is 9.78 Å². The number of ether oxygens (including phenoxy) is 1. The van der Waals surface area contributed by atoms with Gasteiger partial charge < -0.3 is 10.5 Å². The van der Waals surface area contributed by atoms with Crippen molar-refractivity contribution in [3.63, 3.8) is 0 Å². The summed E-state index contributed by atoms with van der Waals surface area (Å²) in [4.78, 5) is 14.6. The summed E-state index contributed by atoms with van der Waals surface area (Å²) in [6.07, 6.45) is -1.63. The Kier molecular flexibility index (Phi) is 3.18. The molecule has 0 radical (unpaired) electrons. The fourth-order valence-corrected chi connectivity index (χ4v) is 1.25. The van der Waals surface area contributed by atoms with Gasteiger partial charge >= 0.3 is 0 Å². The zero-order valence-electron chi connectivity index (χ0n) is 8.25. The average molecular weight is 216 g/mol. The summed E-state index contributed by atoms with van der Waals surface area (Å²) in [7, 11) is 1.20. The van der Waals surface area contributed by atoms with Crippen LogP contribution in [0.15, 0.2) is 6.20 Å². The quantitative estimate of drug-likeness (QED) is 0.831. The normalized spacial score (nSPS) is 10.5. The lowest BCUT2D eigenvalue weighted by molar-refractivity contribution is 0.0995. The maximum absolute atomic E-state index is 12.6. The number of methoxy groups -OCH3 is 1. The van der Waals surface area contributed by atoms with Crippen LogP contribution in [0.4, 0.5) is 8.78 Å². The highest BCUT2D eigenvalue weighted by Crippen LogP contribution is 2.33. The molecule has 0 bridgehead atoms. The van der Waals surface area contributed by atoms with Crippen molar-refractivity contribution in [3.8, 4) is 5.75 Å². The van der Waals surface area contributed by atoms with E-state index in [0.29, 0.717) is 0 Å². The fraction of sp³-hybridized carbons (Fsp3) is 0.333. The molecule has 1 aromatic heterocycles. The predicted molar refractivity (Wildman–Crippen MR) is 49.0 cm³/mol. The molecule has 2 N–H and O–H groups in total. The first kappa shape index (κ1) is 11.4. The van der Waals surface area contributed by atoms with Gasteiger partial charge in [0.15, 0.2) is 0 Å². The third-order valence-corrected chi connectivity index (χ3v) is 1.95. The maximum atomic E-state index is 12.6. The Hall–Kier alpha value is -1.72. The number of nitrogens with two attached hydrogens (primary N) is 1.